The SMILES string of the molecule is CCOC(=O)c1cc2cc3c(cc2nc1-c1cc(Cl)ccc1NC(N)=O)OCO3. The molecule has 29 heavy (non-hydrogen) atoms. The number of carbonyl (C=O) groups excluding carboxylic acids is 2. The fourth-order valence-corrected chi connectivity index (χ4v) is 3.26. The van der Waals surface area contributed by atoms with E-state index in [0.717, 1.165) is 0 Å². The summed E-state index contributed by atoms with van der Waals surface area (Å²) in [5.41, 5.74) is 7.15. The minimum absolute atomic E-state index is 0.115. The van der Waals surface area contributed by atoms with Crippen LogP contribution in [0.4, 0.5) is 10.5 Å². The molecule has 0 saturated heterocycles. The van der Waals surface area contributed by atoms with E-state index in [1.165, 1.54) is 0 Å². The number of rotatable bonds is 4. The van der Waals surface area contributed by atoms with Crippen molar-refractivity contribution in [3.8, 4) is 22.8 Å². The first-order chi connectivity index (χ1) is 14.0. The fourth-order valence-electron chi connectivity index (χ4n) is 3.09. The van der Waals surface area contributed by atoms with Gasteiger partial charge in [-0.05, 0) is 37.3 Å². The van der Waals surface area contributed by atoms with Crippen LogP contribution in [0.3, 0.4) is 0 Å². The van der Waals surface area contributed by atoms with Crippen LogP contribution >= 0.6 is 11.6 Å². The quantitative estimate of drug-likeness (QED) is 0.626. The molecule has 0 atom stereocenters. The van der Waals surface area contributed by atoms with Gasteiger partial charge in [0.25, 0.3) is 0 Å². The largest absolute Gasteiger partial charge is 0.462 e. The number of carbonyl (C=O) groups is 2. The number of amides is 2. The molecule has 2 amide bonds. The monoisotopic (exact) mass is 413 g/mol. The van der Waals surface area contributed by atoms with Gasteiger partial charge in [0.05, 0.1) is 29.1 Å². The van der Waals surface area contributed by atoms with Gasteiger partial charge in [-0.25, -0.2) is 14.6 Å². The third-order valence-electron chi connectivity index (χ3n) is 4.30. The zero-order valence-electron chi connectivity index (χ0n) is 15.3. The highest BCUT2D eigenvalue weighted by atomic mass is 35.5. The van der Waals surface area contributed by atoms with Crippen LogP contribution in [0.25, 0.3) is 22.2 Å². The number of benzene rings is 2. The average Bonchev–Trinajstić information content (AvgIpc) is 3.13. The van der Waals surface area contributed by atoms with E-state index in [9.17, 15) is 9.59 Å². The summed E-state index contributed by atoms with van der Waals surface area (Å²) in [6.07, 6.45) is 0. The molecule has 0 unspecified atom stereocenters. The number of aromatic nitrogens is 1. The predicted molar refractivity (Wildman–Crippen MR) is 107 cm³/mol. The highest BCUT2D eigenvalue weighted by Crippen LogP contribution is 2.39. The van der Waals surface area contributed by atoms with Gasteiger partial charge in [0.2, 0.25) is 6.79 Å². The fraction of sp³-hybridized carbons (Fsp3) is 0.150. The lowest BCUT2D eigenvalue weighted by Crippen LogP contribution is -2.20. The maximum Gasteiger partial charge on any atom is 0.340 e. The third kappa shape index (κ3) is 3.62. The zero-order chi connectivity index (χ0) is 20.5. The maximum atomic E-state index is 12.7. The topological polar surface area (TPSA) is 113 Å². The van der Waals surface area contributed by atoms with Gasteiger partial charge < -0.3 is 25.3 Å². The molecule has 1 aromatic heterocycles. The number of urea groups is 1. The first-order valence-electron chi connectivity index (χ1n) is 8.74. The second kappa shape index (κ2) is 7.48. The Balaban J connectivity index is 1.98. The number of esters is 1. The van der Waals surface area contributed by atoms with E-state index in [2.05, 4.69) is 10.3 Å². The van der Waals surface area contributed by atoms with E-state index in [-0.39, 0.29) is 19.0 Å². The standard InChI is InChI=1S/C20H16ClN3O5/c1-2-27-19(25)13-5-10-6-16-17(29-9-28-16)8-15(10)23-18(13)12-7-11(21)3-4-14(12)24-20(22)26/h3-8H,2,9H2,1H3,(H3,22,24,26). The summed E-state index contributed by atoms with van der Waals surface area (Å²) in [6, 6.07) is 9.15. The molecule has 2 aromatic carbocycles. The molecular weight excluding hydrogens is 398 g/mol. The molecule has 1 aliphatic heterocycles. The molecule has 0 bridgehead atoms. The van der Waals surface area contributed by atoms with E-state index in [0.29, 0.717) is 44.4 Å². The van der Waals surface area contributed by atoms with Crippen molar-refractivity contribution in [2.45, 2.75) is 6.92 Å². The van der Waals surface area contributed by atoms with Gasteiger partial charge in [-0.1, -0.05) is 11.6 Å². The number of nitrogens with one attached hydrogen (secondary N) is 1. The minimum atomic E-state index is -0.754. The average molecular weight is 414 g/mol. The third-order valence-corrected chi connectivity index (χ3v) is 4.53. The van der Waals surface area contributed by atoms with Crippen molar-refractivity contribution in [1.29, 1.82) is 0 Å². The lowest BCUT2D eigenvalue weighted by Gasteiger charge is -2.14. The smallest absolute Gasteiger partial charge is 0.340 e. The molecular formula is C20H16ClN3O5. The molecule has 1 aliphatic rings. The van der Waals surface area contributed by atoms with Crippen LogP contribution in [-0.2, 0) is 4.74 Å². The van der Waals surface area contributed by atoms with E-state index in [1.54, 1.807) is 43.3 Å². The molecule has 8 nitrogen and oxygen atoms in total. The number of nitrogens with two attached hydrogens (primary N) is 1. The predicted octanol–water partition coefficient (Wildman–Crippen LogP) is 3.95. The molecule has 148 valence electrons. The van der Waals surface area contributed by atoms with Crippen molar-refractivity contribution in [1.82, 2.24) is 4.98 Å². The first-order valence-corrected chi connectivity index (χ1v) is 9.12. The molecule has 3 N–H and O–H groups in total. The van der Waals surface area contributed by atoms with E-state index >= 15 is 0 Å². The number of fused-ring (bicyclic) bond motifs is 2. The van der Waals surface area contributed by atoms with Crippen molar-refractivity contribution >= 4 is 40.2 Å². The molecule has 0 saturated carbocycles. The highest BCUT2D eigenvalue weighted by molar-refractivity contribution is 6.31. The Hall–Kier alpha value is -3.52. The van der Waals surface area contributed by atoms with Crippen LogP contribution in [0.15, 0.2) is 36.4 Å². The molecule has 0 aliphatic carbocycles. The summed E-state index contributed by atoms with van der Waals surface area (Å²) >= 11 is 6.17. The number of nitrogens with zero attached hydrogens (tertiary/aromatic N) is 1. The lowest BCUT2D eigenvalue weighted by molar-refractivity contribution is 0.0527. The summed E-state index contributed by atoms with van der Waals surface area (Å²) in [5, 5.41) is 3.60. The Morgan fingerprint density at radius 1 is 1.21 bits per heavy atom. The van der Waals surface area contributed by atoms with Crippen molar-refractivity contribution in [2.75, 3.05) is 18.7 Å². The van der Waals surface area contributed by atoms with E-state index in [4.69, 9.17) is 31.5 Å². The highest BCUT2D eigenvalue weighted by Gasteiger charge is 2.22. The van der Waals surface area contributed by atoms with Crippen LogP contribution in [0.2, 0.25) is 5.02 Å². The number of primary amides is 1. The van der Waals surface area contributed by atoms with E-state index < -0.39 is 12.0 Å². The molecule has 0 spiro atoms. The molecule has 4 rings (SSSR count). The summed E-state index contributed by atoms with van der Waals surface area (Å²) < 4.78 is 16.0. The van der Waals surface area contributed by atoms with Crippen LogP contribution in [0, 0.1) is 0 Å². The minimum Gasteiger partial charge on any atom is -0.462 e. The van der Waals surface area contributed by atoms with Crippen molar-refractivity contribution in [2.24, 2.45) is 5.73 Å². The normalized spacial score (nSPS) is 12.1. The maximum absolute atomic E-state index is 12.7. The van der Waals surface area contributed by atoms with Crippen molar-refractivity contribution < 1.29 is 23.8 Å². The van der Waals surface area contributed by atoms with E-state index in [1.807, 2.05) is 0 Å². The zero-order valence-corrected chi connectivity index (χ0v) is 16.1. The summed E-state index contributed by atoms with van der Waals surface area (Å²) in [5.74, 6) is 0.571. The molecule has 9 heteroatoms. The first kappa shape index (κ1) is 18.8. The van der Waals surface area contributed by atoms with Gasteiger partial charge in [-0.15, -0.1) is 0 Å². The number of hydrogen-bond acceptors (Lipinski definition) is 6. The molecule has 2 heterocycles. The van der Waals surface area contributed by atoms with Gasteiger partial charge in [0.1, 0.15) is 0 Å². The van der Waals surface area contributed by atoms with Crippen LogP contribution in [0.5, 0.6) is 11.5 Å². The summed E-state index contributed by atoms with van der Waals surface area (Å²) in [4.78, 5) is 28.8. The van der Waals surface area contributed by atoms with Crippen LogP contribution < -0.4 is 20.5 Å². The molecule has 3 aromatic rings. The Morgan fingerprint density at radius 3 is 2.69 bits per heavy atom. The molecule has 0 radical (unpaired) electrons. The number of ether oxygens (including phenoxy) is 3. The van der Waals surface area contributed by atoms with Gasteiger partial charge in [-0.2, -0.15) is 0 Å². The second-order valence-electron chi connectivity index (χ2n) is 6.18. The van der Waals surface area contributed by atoms with Crippen LogP contribution in [0.1, 0.15) is 17.3 Å². The number of anilines is 1. The van der Waals surface area contributed by atoms with Gasteiger partial charge in [-0.3, -0.25) is 0 Å². The summed E-state index contributed by atoms with van der Waals surface area (Å²) in [7, 11) is 0. The Bertz CT molecular complexity index is 1150. The van der Waals surface area contributed by atoms with Crippen molar-refractivity contribution in [3.05, 3.63) is 47.0 Å². The summed E-state index contributed by atoms with van der Waals surface area (Å²) in [6.45, 7) is 2.02. The number of halogens is 1. The Kier molecular flexibility index (Phi) is 4.85. The Morgan fingerprint density at radius 2 is 1.97 bits per heavy atom. The van der Waals surface area contributed by atoms with Crippen LogP contribution in [-0.4, -0.2) is 30.4 Å². The Labute approximate surface area is 170 Å². The second-order valence-corrected chi connectivity index (χ2v) is 6.62. The van der Waals surface area contributed by atoms with Gasteiger partial charge >= 0.3 is 12.0 Å². The number of pyridine rings is 1. The lowest BCUT2D eigenvalue weighted by atomic mass is 10.0. The molecule has 0 fully saturated rings. The number of hydrogen-bond donors (Lipinski definition) is 2. The van der Waals surface area contributed by atoms with Gasteiger partial charge in [0, 0.05) is 22.0 Å². The van der Waals surface area contributed by atoms with Gasteiger partial charge in [0.15, 0.2) is 11.5 Å². The van der Waals surface area contributed by atoms with Crippen molar-refractivity contribution in [3.63, 3.8) is 0 Å².